The Morgan fingerprint density at radius 1 is 1.22 bits per heavy atom. The van der Waals surface area contributed by atoms with Crippen LogP contribution in [0.15, 0.2) is 23.9 Å². The lowest BCUT2D eigenvalue weighted by atomic mass is 9.93. The summed E-state index contributed by atoms with van der Waals surface area (Å²) < 4.78 is 38.7. The number of hydrogen-bond acceptors (Lipinski definition) is 4. The predicted octanol–water partition coefficient (Wildman–Crippen LogP) is 1.78. The Balaban J connectivity index is 2.26. The fraction of sp³-hybridized carbons (Fsp3) is 0.500. The van der Waals surface area contributed by atoms with Gasteiger partial charge in [-0.25, -0.2) is 4.68 Å². The summed E-state index contributed by atoms with van der Waals surface area (Å²) in [5.74, 6) is -1.77. The molecule has 0 aromatic carbocycles. The molecule has 1 heterocycles. The molecule has 0 amide bonds. The zero-order valence-corrected chi connectivity index (χ0v) is 9.37. The van der Waals surface area contributed by atoms with Crippen molar-refractivity contribution < 1.29 is 18.0 Å². The van der Waals surface area contributed by atoms with Crippen LogP contribution < -0.4 is 5.43 Å². The van der Waals surface area contributed by atoms with Crippen molar-refractivity contribution in [3.63, 3.8) is 0 Å². The van der Waals surface area contributed by atoms with Gasteiger partial charge in [-0.15, -0.1) is 10.2 Å². The van der Waals surface area contributed by atoms with E-state index in [9.17, 15) is 18.0 Å². The standard InChI is InChI=1S/C10H11F3N4O/c11-10(12,13)9(18)7-3-1-2-4-8(7)16-17-5-14-15-6-17/h5-6,16H,1-4H2. The number of rotatable bonds is 3. The normalized spacial score (nSPS) is 16.8. The first-order valence-electron chi connectivity index (χ1n) is 5.43. The van der Waals surface area contributed by atoms with Crippen molar-refractivity contribution in [1.29, 1.82) is 0 Å². The zero-order valence-electron chi connectivity index (χ0n) is 9.37. The van der Waals surface area contributed by atoms with Gasteiger partial charge in [-0.05, 0) is 25.7 Å². The summed E-state index contributed by atoms with van der Waals surface area (Å²) in [5.41, 5.74) is 2.82. The van der Waals surface area contributed by atoms with Crippen molar-refractivity contribution >= 4 is 5.78 Å². The van der Waals surface area contributed by atoms with Crippen LogP contribution in [0, 0.1) is 0 Å². The Hall–Kier alpha value is -1.86. The third-order valence-electron chi connectivity index (χ3n) is 2.68. The summed E-state index contributed by atoms with van der Waals surface area (Å²) in [6.45, 7) is 0. The van der Waals surface area contributed by atoms with Crippen molar-refractivity contribution in [2.45, 2.75) is 31.9 Å². The Labute approximate surface area is 101 Å². The fourth-order valence-corrected chi connectivity index (χ4v) is 1.86. The molecular formula is C10H11F3N4O. The van der Waals surface area contributed by atoms with Gasteiger partial charge in [0.1, 0.15) is 12.7 Å². The molecular weight excluding hydrogens is 249 g/mol. The van der Waals surface area contributed by atoms with Crippen LogP contribution in [-0.2, 0) is 4.79 Å². The molecule has 0 spiro atoms. The van der Waals surface area contributed by atoms with Crippen LogP contribution in [0.3, 0.4) is 0 Å². The second-order valence-electron chi connectivity index (χ2n) is 3.97. The highest BCUT2D eigenvalue weighted by Gasteiger charge is 2.42. The highest BCUT2D eigenvalue weighted by molar-refractivity contribution is 6.00. The van der Waals surface area contributed by atoms with Gasteiger partial charge in [0.15, 0.2) is 0 Å². The van der Waals surface area contributed by atoms with Gasteiger partial charge in [-0.3, -0.25) is 10.2 Å². The van der Waals surface area contributed by atoms with E-state index in [0.29, 0.717) is 18.5 Å². The first-order chi connectivity index (χ1) is 8.48. The second kappa shape index (κ2) is 4.79. The van der Waals surface area contributed by atoms with Crippen LogP contribution >= 0.6 is 0 Å². The molecule has 98 valence electrons. The highest BCUT2D eigenvalue weighted by atomic mass is 19.4. The molecule has 5 nitrogen and oxygen atoms in total. The number of aromatic nitrogens is 3. The van der Waals surface area contributed by atoms with E-state index in [-0.39, 0.29) is 12.0 Å². The molecule has 1 N–H and O–H groups in total. The Morgan fingerprint density at radius 2 is 1.83 bits per heavy atom. The lowest BCUT2D eigenvalue weighted by molar-refractivity contribution is -0.166. The second-order valence-corrected chi connectivity index (χ2v) is 3.97. The number of hydrogen-bond donors (Lipinski definition) is 1. The Morgan fingerprint density at radius 3 is 2.44 bits per heavy atom. The zero-order chi connectivity index (χ0) is 13.2. The van der Waals surface area contributed by atoms with E-state index >= 15 is 0 Å². The van der Waals surface area contributed by atoms with E-state index in [4.69, 9.17) is 0 Å². The van der Waals surface area contributed by atoms with Gasteiger partial charge in [-0.2, -0.15) is 13.2 Å². The molecule has 1 aromatic heterocycles. The van der Waals surface area contributed by atoms with Crippen LogP contribution in [-0.4, -0.2) is 26.8 Å². The van der Waals surface area contributed by atoms with Gasteiger partial charge in [0.05, 0.1) is 0 Å². The third-order valence-corrected chi connectivity index (χ3v) is 2.68. The minimum Gasteiger partial charge on any atom is -0.296 e. The molecule has 8 heteroatoms. The van der Waals surface area contributed by atoms with Crippen molar-refractivity contribution in [2.24, 2.45) is 0 Å². The maximum absolute atomic E-state index is 12.4. The lowest BCUT2D eigenvalue weighted by Gasteiger charge is -2.21. The van der Waals surface area contributed by atoms with Gasteiger partial charge in [0, 0.05) is 11.3 Å². The number of Topliss-reactive ketones (excluding diaryl/α,β-unsaturated/α-hetero) is 1. The molecule has 18 heavy (non-hydrogen) atoms. The smallest absolute Gasteiger partial charge is 0.296 e. The molecule has 0 saturated carbocycles. The number of nitrogens with zero attached hydrogens (tertiary/aromatic N) is 3. The van der Waals surface area contributed by atoms with E-state index in [2.05, 4.69) is 15.6 Å². The summed E-state index contributed by atoms with van der Waals surface area (Å²) in [7, 11) is 0. The number of nitrogens with one attached hydrogen (secondary N) is 1. The number of allylic oxidation sites excluding steroid dienone is 2. The van der Waals surface area contributed by atoms with Crippen molar-refractivity contribution in [3.05, 3.63) is 23.9 Å². The van der Waals surface area contributed by atoms with E-state index in [0.717, 1.165) is 6.42 Å². The summed E-state index contributed by atoms with van der Waals surface area (Å²) in [6, 6.07) is 0. The van der Waals surface area contributed by atoms with Crippen molar-refractivity contribution in [3.8, 4) is 0 Å². The monoisotopic (exact) mass is 260 g/mol. The summed E-state index contributed by atoms with van der Waals surface area (Å²) in [6.07, 6.45) is -0.302. The quantitative estimate of drug-likeness (QED) is 0.900. The third kappa shape index (κ3) is 2.69. The molecule has 0 bridgehead atoms. The summed E-state index contributed by atoms with van der Waals surface area (Å²) in [4.78, 5) is 11.3. The van der Waals surface area contributed by atoms with Crippen LogP contribution in [0.5, 0.6) is 0 Å². The minimum atomic E-state index is -4.83. The number of ketones is 1. The minimum absolute atomic E-state index is 0.142. The number of carbonyl (C=O) groups is 1. The molecule has 1 aliphatic rings. The molecule has 1 aliphatic carbocycles. The number of alkyl halides is 3. The number of carbonyl (C=O) groups excluding carboxylic acids is 1. The maximum Gasteiger partial charge on any atom is 0.454 e. The van der Waals surface area contributed by atoms with Gasteiger partial charge in [0.25, 0.3) is 5.78 Å². The molecule has 0 fully saturated rings. The van der Waals surface area contributed by atoms with E-state index < -0.39 is 12.0 Å². The average molecular weight is 260 g/mol. The van der Waals surface area contributed by atoms with Crippen LogP contribution in [0.1, 0.15) is 25.7 Å². The summed E-state index contributed by atoms with van der Waals surface area (Å²) >= 11 is 0. The Kier molecular flexibility index (Phi) is 3.35. The fourth-order valence-electron chi connectivity index (χ4n) is 1.86. The lowest BCUT2D eigenvalue weighted by Crippen LogP contribution is -2.29. The van der Waals surface area contributed by atoms with Gasteiger partial charge in [-0.1, -0.05) is 0 Å². The summed E-state index contributed by atoms with van der Waals surface area (Å²) in [5, 5.41) is 7.05. The first kappa shape index (κ1) is 12.6. The molecule has 2 rings (SSSR count). The van der Waals surface area contributed by atoms with E-state index in [1.165, 1.54) is 17.3 Å². The topological polar surface area (TPSA) is 59.8 Å². The molecule has 0 saturated heterocycles. The SMILES string of the molecule is O=C(C1=C(Nn2cnnc2)CCCC1)C(F)(F)F. The van der Waals surface area contributed by atoms with E-state index in [1.807, 2.05) is 0 Å². The van der Waals surface area contributed by atoms with Crippen molar-refractivity contribution in [1.82, 2.24) is 14.9 Å². The van der Waals surface area contributed by atoms with Crippen LogP contribution in [0.2, 0.25) is 0 Å². The molecule has 0 aliphatic heterocycles. The molecule has 0 unspecified atom stereocenters. The molecule has 1 aromatic rings. The maximum atomic E-state index is 12.4. The highest BCUT2D eigenvalue weighted by Crippen LogP contribution is 2.30. The Bertz CT molecular complexity index is 464. The average Bonchev–Trinajstić information content (AvgIpc) is 2.80. The van der Waals surface area contributed by atoms with Crippen LogP contribution in [0.25, 0.3) is 0 Å². The van der Waals surface area contributed by atoms with Gasteiger partial charge < -0.3 is 0 Å². The first-order valence-corrected chi connectivity index (χ1v) is 5.43. The van der Waals surface area contributed by atoms with Crippen molar-refractivity contribution in [2.75, 3.05) is 5.43 Å². The van der Waals surface area contributed by atoms with Gasteiger partial charge in [0.2, 0.25) is 0 Å². The number of halogens is 3. The van der Waals surface area contributed by atoms with Gasteiger partial charge >= 0.3 is 6.18 Å². The molecule has 0 radical (unpaired) electrons. The van der Waals surface area contributed by atoms with E-state index in [1.54, 1.807) is 0 Å². The van der Waals surface area contributed by atoms with Crippen LogP contribution in [0.4, 0.5) is 13.2 Å². The largest absolute Gasteiger partial charge is 0.454 e. The molecule has 0 atom stereocenters. The predicted molar refractivity (Wildman–Crippen MR) is 55.9 cm³/mol.